The summed E-state index contributed by atoms with van der Waals surface area (Å²) in [5, 5.41) is -0.316. The molecule has 2 aromatic heterocycles. The van der Waals surface area contributed by atoms with Gasteiger partial charge in [-0.2, -0.15) is 8.42 Å². The maximum Gasteiger partial charge on any atom is 0.281 e. The highest BCUT2D eigenvalue weighted by Crippen LogP contribution is 2.33. The lowest BCUT2D eigenvalue weighted by molar-refractivity contribution is 0.0981. The van der Waals surface area contributed by atoms with Gasteiger partial charge in [-0.15, -0.1) is 0 Å². The molecular weight excluding hydrogens is 426 g/mol. The van der Waals surface area contributed by atoms with Gasteiger partial charge in [0.2, 0.25) is 0 Å². The molecule has 1 aliphatic heterocycles. The molecule has 3 heterocycles. The van der Waals surface area contributed by atoms with E-state index in [0.717, 1.165) is 18.4 Å². The van der Waals surface area contributed by atoms with Crippen molar-refractivity contribution in [2.24, 2.45) is 0 Å². The third-order valence-corrected chi connectivity index (χ3v) is 6.87. The Kier molecular flexibility index (Phi) is 5.84. The summed E-state index contributed by atoms with van der Waals surface area (Å²) < 4.78 is 27.6. The van der Waals surface area contributed by atoms with Gasteiger partial charge in [-0.1, -0.05) is 36.4 Å². The van der Waals surface area contributed by atoms with E-state index in [1.807, 2.05) is 30.3 Å². The number of amides is 1. The van der Waals surface area contributed by atoms with E-state index in [1.54, 1.807) is 12.1 Å². The summed E-state index contributed by atoms with van der Waals surface area (Å²) in [5.41, 5.74) is 7.42. The van der Waals surface area contributed by atoms with Crippen molar-refractivity contribution in [3.05, 3.63) is 66.2 Å². The molecule has 4 rings (SSSR count). The molecule has 1 saturated heterocycles. The lowest BCUT2D eigenvalue weighted by Crippen LogP contribution is -2.37. The molecule has 3 N–H and O–H groups in total. The highest BCUT2D eigenvalue weighted by molar-refractivity contribution is 7.90. The van der Waals surface area contributed by atoms with Crippen LogP contribution in [0, 0.1) is 0 Å². The minimum Gasteiger partial charge on any atom is -0.384 e. The summed E-state index contributed by atoms with van der Waals surface area (Å²) in [7, 11) is -4.20. The number of carbonyl (C=O) groups is 1. The van der Waals surface area contributed by atoms with Crippen molar-refractivity contribution >= 4 is 27.6 Å². The first-order valence-corrected chi connectivity index (χ1v) is 11.9. The number of hydrogen-bond acceptors (Lipinski definition) is 7. The highest BCUT2D eigenvalue weighted by Gasteiger charge is 2.33. The largest absolute Gasteiger partial charge is 0.384 e. The molecule has 2 atom stereocenters. The van der Waals surface area contributed by atoms with Crippen LogP contribution in [-0.4, -0.2) is 36.4 Å². The van der Waals surface area contributed by atoms with Crippen molar-refractivity contribution in [3.63, 3.8) is 0 Å². The number of nitrogens with two attached hydrogens (primary N) is 1. The number of nitrogens with one attached hydrogen (secondary N) is 1. The first-order chi connectivity index (χ1) is 15.3. The number of anilines is 2. The first-order valence-electron chi connectivity index (χ1n) is 10.4. The number of carbonyl (C=O) groups excluding carboxylic acids is 1. The molecule has 1 fully saturated rings. The van der Waals surface area contributed by atoms with E-state index in [0.29, 0.717) is 11.5 Å². The minimum absolute atomic E-state index is 0.0506. The Morgan fingerprint density at radius 2 is 1.66 bits per heavy atom. The van der Waals surface area contributed by atoms with E-state index in [4.69, 9.17) is 10.7 Å². The number of rotatable bonds is 5. The second kappa shape index (κ2) is 8.58. The summed E-state index contributed by atoms with van der Waals surface area (Å²) in [6.07, 6.45) is 1.93. The van der Waals surface area contributed by atoms with Crippen molar-refractivity contribution in [1.29, 1.82) is 0 Å². The SMILES string of the molecule is C[C@@H]1CC[C@H](C)N1c1nc(-c2ccccc2)ccc1C(=O)NS(=O)(=O)c1cccc(N)n1. The summed E-state index contributed by atoms with van der Waals surface area (Å²) in [6.45, 7) is 4.16. The molecule has 0 bridgehead atoms. The molecule has 1 aromatic carbocycles. The molecule has 1 aliphatic rings. The highest BCUT2D eigenvalue weighted by atomic mass is 32.2. The smallest absolute Gasteiger partial charge is 0.281 e. The maximum atomic E-state index is 13.1. The third kappa shape index (κ3) is 4.29. The summed E-state index contributed by atoms with van der Waals surface area (Å²) >= 11 is 0. The molecule has 0 radical (unpaired) electrons. The Bertz CT molecular complexity index is 1240. The summed E-state index contributed by atoms with van der Waals surface area (Å²) in [6, 6.07) is 17.6. The van der Waals surface area contributed by atoms with E-state index < -0.39 is 15.9 Å². The molecule has 8 nitrogen and oxygen atoms in total. The number of benzene rings is 1. The van der Waals surface area contributed by atoms with Crippen LogP contribution in [0.15, 0.2) is 65.7 Å². The molecular formula is C23H25N5O3S. The van der Waals surface area contributed by atoms with Crippen molar-refractivity contribution in [2.75, 3.05) is 10.6 Å². The van der Waals surface area contributed by atoms with Crippen LogP contribution >= 0.6 is 0 Å². The number of hydrogen-bond donors (Lipinski definition) is 2. The predicted molar refractivity (Wildman–Crippen MR) is 124 cm³/mol. The molecule has 0 spiro atoms. The number of sulfonamides is 1. The van der Waals surface area contributed by atoms with Crippen LogP contribution < -0.4 is 15.4 Å². The Labute approximate surface area is 187 Å². The van der Waals surface area contributed by atoms with Crippen molar-refractivity contribution in [1.82, 2.24) is 14.7 Å². The van der Waals surface area contributed by atoms with E-state index in [9.17, 15) is 13.2 Å². The molecule has 1 amide bonds. The van der Waals surface area contributed by atoms with Gasteiger partial charge in [-0.25, -0.2) is 14.7 Å². The molecule has 3 aromatic rings. The van der Waals surface area contributed by atoms with Crippen molar-refractivity contribution < 1.29 is 13.2 Å². The standard InChI is InChI=1S/C23H25N5O3S/c1-15-11-12-16(2)28(15)22-18(13-14-19(25-22)17-7-4-3-5-8-17)23(29)27-32(30,31)21-10-6-9-20(24)26-21/h3-10,13-16H,11-12H2,1-2H3,(H2,24,26)(H,27,29)/t15-,16+. The molecule has 166 valence electrons. The van der Waals surface area contributed by atoms with Crippen LogP contribution in [0.25, 0.3) is 11.3 Å². The molecule has 0 unspecified atom stereocenters. The Hall–Kier alpha value is -3.46. The van der Waals surface area contributed by atoms with Gasteiger partial charge in [0.05, 0.1) is 11.3 Å². The zero-order valence-corrected chi connectivity index (χ0v) is 18.7. The monoisotopic (exact) mass is 451 g/mol. The van der Waals surface area contributed by atoms with Gasteiger partial charge in [-0.05, 0) is 51.0 Å². The predicted octanol–water partition coefficient (Wildman–Crippen LogP) is 3.22. The Balaban J connectivity index is 1.75. The lowest BCUT2D eigenvalue weighted by Gasteiger charge is -2.29. The van der Waals surface area contributed by atoms with Gasteiger partial charge in [0.25, 0.3) is 15.9 Å². The van der Waals surface area contributed by atoms with Crippen LogP contribution in [0.4, 0.5) is 11.6 Å². The molecule has 32 heavy (non-hydrogen) atoms. The van der Waals surface area contributed by atoms with Gasteiger partial charge in [-0.3, -0.25) is 4.79 Å². The van der Waals surface area contributed by atoms with Gasteiger partial charge in [0, 0.05) is 17.6 Å². The first kappa shape index (κ1) is 21.8. The van der Waals surface area contributed by atoms with Crippen LogP contribution in [0.3, 0.4) is 0 Å². The number of nitrogen functional groups attached to an aromatic ring is 1. The second-order valence-electron chi connectivity index (χ2n) is 7.95. The number of pyridine rings is 2. The fraction of sp³-hybridized carbons (Fsp3) is 0.261. The van der Waals surface area contributed by atoms with E-state index in [2.05, 4.69) is 28.5 Å². The minimum atomic E-state index is -4.20. The molecule has 9 heteroatoms. The lowest BCUT2D eigenvalue weighted by atomic mass is 10.1. The van der Waals surface area contributed by atoms with E-state index in [-0.39, 0.29) is 28.5 Å². The Morgan fingerprint density at radius 3 is 2.31 bits per heavy atom. The van der Waals surface area contributed by atoms with Crippen LogP contribution in [0.2, 0.25) is 0 Å². The average molecular weight is 452 g/mol. The zero-order chi connectivity index (χ0) is 22.9. The zero-order valence-electron chi connectivity index (χ0n) is 17.9. The third-order valence-electron chi connectivity index (χ3n) is 5.63. The van der Waals surface area contributed by atoms with Gasteiger partial charge in [0.1, 0.15) is 11.6 Å². The summed E-state index contributed by atoms with van der Waals surface area (Å²) in [5.74, 6) is -0.241. The maximum absolute atomic E-state index is 13.1. The van der Waals surface area contributed by atoms with Gasteiger partial charge in [0.15, 0.2) is 5.03 Å². The normalized spacial score (nSPS) is 18.5. The van der Waals surface area contributed by atoms with Gasteiger partial charge >= 0.3 is 0 Å². The topological polar surface area (TPSA) is 118 Å². The molecule has 0 saturated carbocycles. The fourth-order valence-electron chi connectivity index (χ4n) is 4.01. The summed E-state index contributed by atoms with van der Waals surface area (Å²) in [4.78, 5) is 23.8. The van der Waals surface area contributed by atoms with Gasteiger partial charge < -0.3 is 10.6 Å². The van der Waals surface area contributed by atoms with Crippen LogP contribution in [0.5, 0.6) is 0 Å². The quantitative estimate of drug-likeness (QED) is 0.611. The second-order valence-corrected chi connectivity index (χ2v) is 9.58. The van der Waals surface area contributed by atoms with E-state index in [1.165, 1.54) is 18.2 Å². The number of nitrogens with zero attached hydrogens (tertiary/aromatic N) is 3. The number of aromatic nitrogens is 2. The van der Waals surface area contributed by atoms with Crippen molar-refractivity contribution in [3.8, 4) is 11.3 Å². The molecule has 0 aliphatic carbocycles. The van der Waals surface area contributed by atoms with Crippen LogP contribution in [-0.2, 0) is 10.0 Å². The van der Waals surface area contributed by atoms with E-state index >= 15 is 0 Å². The average Bonchev–Trinajstić information content (AvgIpc) is 3.11. The Morgan fingerprint density at radius 1 is 0.969 bits per heavy atom. The van der Waals surface area contributed by atoms with Crippen LogP contribution in [0.1, 0.15) is 37.0 Å². The van der Waals surface area contributed by atoms with Crippen molar-refractivity contribution in [2.45, 2.75) is 43.8 Å². The fourth-order valence-corrected chi connectivity index (χ4v) is 4.96.